The summed E-state index contributed by atoms with van der Waals surface area (Å²) in [6.07, 6.45) is 6.08. The monoisotopic (exact) mass is 353 g/mol. The molecule has 6 heteroatoms. The van der Waals surface area contributed by atoms with Crippen LogP contribution >= 0.6 is 0 Å². The molecule has 138 valence electrons. The van der Waals surface area contributed by atoms with Gasteiger partial charge in [0.25, 0.3) is 0 Å². The van der Waals surface area contributed by atoms with E-state index in [1.807, 2.05) is 36.3 Å². The number of benzene rings is 1. The van der Waals surface area contributed by atoms with Crippen molar-refractivity contribution in [2.45, 2.75) is 38.6 Å². The number of imidazole rings is 1. The number of nitrogens with zero attached hydrogens (tertiary/aromatic N) is 5. The van der Waals surface area contributed by atoms with E-state index in [-0.39, 0.29) is 0 Å². The molecule has 0 spiro atoms. The predicted octanol–water partition coefficient (Wildman–Crippen LogP) is 2.68. The number of hydrogen-bond donors (Lipinski definition) is 1. The van der Waals surface area contributed by atoms with Crippen LogP contribution in [0.15, 0.2) is 36.8 Å². The molecule has 0 saturated carbocycles. The maximum absolute atomic E-state index is 10.8. The fourth-order valence-electron chi connectivity index (χ4n) is 3.63. The first kappa shape index (κ1) is 18.6. The molecular formula is C20H27N5O. The van der Waals surface area contributed by atoms with E-state index in [4.69, 9.17) is 5.26 Å². The number of piperidine rings is 1. The first-order valence-electron chi connectivity index (χ1n) is 9.28. The maximum Gasteiger partial charge on any atom is 0.191 e. The minimum absolute atomic E-state index is 0.367. The summed E-state index contributed by atoms with van der Waals surface area (Å²) in [4.78, 5) is 8.93. The van der Waals surface area contributed by atoms with Crippen LogP contribution in [0, 0.1) is 11.3 Å². The van der Waals surface area contributed by atoms with Gasteiger partial charge in [0.1, 0.15) is 0 Å². The topological polar surface area (TPSA) is 68.3 Å². The second-order valence-electron chi connectivity index (χ2n) is 6.98. The molecule has 3 rings (SSSR count). The molecule has 26 heavy (non-hydrogen) atoms. The fraction of sp³-hybridized carbons (Fsp3) is 0.500. The molecule has 1 aromatic carbocycles. The van der Waals surface area contributed by atoms with Crippen molar-refractivity contribution in [1.82, 2.24) is 19.4 Å². The summed E-state index contributed by atoms with van der Waals surface area (Å²) in [5.74, 6) is 0. The van der Waals surface area contributed by atoms with E-state index < -0.39 is 6.35 Å². The number of aromatic nitrogens is 2. The highest BCUT2D eigenvalue weighted by Crippen LogP contribution is 2.23. The first-order chi connectivity index (χ1) is 12.6. The lowest BCUT2D eigenvalue weighted by Crippen LogP contribution is -2.45. The molecule has 1 fully saturated rings. The van der Waals surface area contributed by atoms with Gasteiger partial charge in [0, 0.05) is 17.8 Å². The third-order valence-corrected chi connectivity index (χ3v) is 5.19. The van der Waals surface area contributed by atoms with Gasteiger partial charge >= 0.3 is 0 Å². The zero-order valence-corrected chi connectivity index (χ0v) is 15.5. The average Bonchev–Trinajstić information content (AvgIpc) is 3.18. The number of nitriles is 1. The van der Waals surface area contributed by atoms with E-state index >= 15 is 0 Å². The van der Waals surface area contributed by atoms with Gasteiger partial charge in [-0.05, 0) is 58.1 Å². The largest absolute Gasteiger partial charge is 0.360 e. The van der Waals surface area contributed by atoms with Gasteiger partial charge in [0.15, 0.2) is 6.35 Å². The Hall–Kier alpha value is -2.20. The molecule has 1 unspecified atom stereocenters. The van der Waals surface area contributed by atoms with Crippen molar-refractivity contribution in [1.29, 1.82) is 5.26 Å². The minimum atomic E-state index is -0.738. The maximum atomic E-state index is 10.8. The van der Waals surface area contributed by atoms with E-state index in [1.54, 1.807) is 17.0 Å². The smallest absolute Gasteiger partial charge is 0.191 e. The van der Waals surface area contributed by atoms with Gasteiger partial charge in [0.2, 0.25) is 0 Å². The third kappa shape index (κ3) is 4.13. The SMILES string of the molecule is CCCN1CCC(N(C)C(O)n2cnc(-c3cccc(C#N)c3)c2)CC1. The van der Waals surface area contributed by atoms with Crippen molar-refractivity contribution >= 4 is 0 Å². The Kier molecular flexibility index (Phi) is 6.04. The van der Waals surface area contributed by atoms with E-state index in [9.17, 15) is 5.11 Å². The molecule has 1 atom stereocenters. The van der Waals surface area contributed by atoms with Crippen LogP contribution in [-0.2, 0) is 0 Å². The van der Waals surface area contributed by atoms with Crippen molar-refractivity contribution in [2.75, 3.05) is 26.7 Å². The lowest BCUT2D eigenvalue weighted by Gasteiger charge is -2.38. The Morgan fingerprint density at radius 3 is 2.85 bits per heavy atom. The van der Waals surface area contributed by atoms with Crippen molar-refractivity contribution in [3.05, 3.63) is 42.4 Å². The summed E-state index contributed by atoms with van der Waals surface area (Å²) in [6.45, 7) is 5.55. The number of aliphatic hydroxyl groups excluding tert-OH is 1. The molecule has 1 aliphatic rings. The molecule has 2 heterocycles. The molecule has 0 aliphatic carbocycles. The van der Waals surface area contributed by atoms with Crippen LogP contribution in [0.2, 0.25) is 0 Å². The third-order valence-electron chi connectivity index (χ3n) is 5.19. The van der Waals surface area contributed by atoms with Gasteiger partial charge in [-0.25, -0.2) is 4.98 Å². The molecule has 1 saturated heterocycles. The standard InChI is InChI=1S/C20H27N5O/c1-3-9-24-10-7-18(8-11-24)23(2)20(26)25-14-19(22-15-25)17-6-4-5-16(12-17)13-21/h4-6,12,14-15,18,20,26H,3,7-11H2,1-2H3. The molecule has 1 aromatic heterocycles. The van der Waals surface area contributed by atoms with Gasteiger partial charge in [-0.1, -0.05) is 19.1 Å². The highest BCUT2D eigenvalue weighted by atomic mass is 16.3. The predicted molar refractivity (Wildman–Crippen MR) is 101 cm³/mol. The Labute approximate surface area is 155 Å². The average molecular weight is 353 g/mol. The molecule has 6 nitrogen and oxygen atoms in total. The fourth-order valence-corrected chi connectivity index (χ4v) is 3.63. The van der Waals surface area contributed by atoms with E-state index in [2.05, 4.69) is 22.9 Å². The molecule has 1 N–H and O–H groups in total. The number of rotatable bonds is 6. The van der Waals surface area contributed by atoms with Crippen molar-refractivity contribution in [3.63, 3.8) is 0 Å². The van der Waals surface area contributed by atoms with Gasteiger partial charge in [-0.2, -0.15) is 5.26 Å². The zero-order valence-electron chi connectivity index (χ0n) is 15.5. The zero-order chi connectivity index (χ0) is 18.5. The second kappa shape index (κ2) is 8.45. The van der Waals surface area contributed by atoms with Crippen LogP contribution in [0.1, 0.15) is 38.1 Å². The number of aliphatic hydroxyl groups is 1. The summed E-state index contributed by atoms with van der Waals surface area (Å²) >= 11 is 0. The number of hydrogen-bond acceptors (Lipinski definition) is 5. The summed E-state index contributed by atoms with van der Waals surface area (Å²) in [6, 6.07) is 9.86. The van der Waals surface area contributed by atoms with Gasteiger partial charge in [0.05, 0.1) is 23.7 Å². The molecular weight excluding hydrogens is 326 g/mol. The van der Waals surface area contributed by atoms with Gasteiger partial charge < -0.3 is 10.0 Å². The Morgan fingerprint density at radius 2 is 2.15 bits per heavy atom. The van der Waals surface area contributed by atoms with Gasteiger partial charge in [-0.3, -0.25) is 9.47 Å². The molecule has 0 amide bonds. The van der Waals surface area contributed by atoms with Crippen LogP contribution in [-0.4, -0.2) is 57.2 Å². The highest BCUT2D eigenvalue weighted by molar-refractivity contribution is 5.60. The summed E-state index contributed by atoms with van der Waals surface area (Å²) in [5, 5.41) is 19.8. The van der Waals surface area contributed by atoms with Crippen LogP contribution in [0.25, 0.3) is 11.3 Å². The Balaban J connectivity index is 1.66. The van der Waals surface area contributed by atoms with Crippen LogP contribution in [0.3, 0.4) is 0 Å². The summed E-state index contributed by atoms with van der Waals surface area (Å²) in [5.41, 5.74) is 2.24. The van der Waals surface area contributed by atoms with Crippen molar-refractivity contribution in [2.24, 2.45) is 0 Å². The normalized spacial score (nSPS) is 17.3. The lowest BCUT2D eigenvalue weighted by atomic mass is 10.0. The van der Waals surface area contributed by atoms with Crippen molar-refractivity contribution in [3.8, 4) is 17.3 Å². The van der Waals surface area contributed by atoms with Crippen molar-refractivity contribution < 1.29 is 5.11 Å². The Morgan fingerprint density at radius 1 is 1.38 bits per heavy atom. The number of likely N-dealkylation sites (tertiary alicyclic amines) is 1. The van der Waals surface area contributed by atoms with Gasteiger partial charge in [-0.15, -0.1) is 0 Å². The van der Waals surface area contributed by atoms with Crippen LogP contribution in [0.5, 0.6) is 0 Å². The summed E-state index contributed by atoms with van der Waals surface area (Å²) < 4.78 is 1.73. The second-order valence-corrected chi connectivity index (χ2v) is 6.98. The summed E-state index contributed by atoms with van der Waals surface area (Å²) in [7, 11) is 1.97. The Bertz CT molecular complexity index is 758. The molecule has 0 bridgehead atoms. The van der Waals surface area contributed by atoms with Crippen LogP contribution < -0.4 is 0 Å². The molecule has 1 aliphatic heterocycles. The van der Waals surface area contributed by atoms with E-state index in [0.29, 0.717) is 11.6 Å². The lowest BCUT2D eigenvalue weighted by molar-refractivity contribution is -0.0740. The quantitative estimate of drug-likeness (QED) is 0.809. The van der Waals surface area contributed by atoms with E-state index in [1.165, 1.54) is 6.42 Å². The molecule has 2 aromatic rings. The highest BCUT2D eigenvalue weighted by Gasteiger charge is 2.26. The minimum Gasteiger partial charge on any atom is -0.360 e. The first-order valence-corrected chi connectivity index (χ1v) is 9.28. The van der Waals surface area contributed by atoms with Crippen LogP contribution in [0.4, 0.5) is 0 Å². The molecule has 0 radical (unpaired) electrons. The van der Waals surface area contributed by atoms with E-state index in [0.717, 1.165) is 43.7 Å².